The molecular weight excluding hydrogens is 454 g/mol. The molecule has 1 amide bonds. The predicted octanol–water partition coefficient (Wildman–Crippen LogP) is 2.92. The van der Waals surface area contributed by atoms with Crippen molar-refractivity contribution in [1.82, 2.24) is 9.80 Å². The topological polar surface area (TPSA) is 76.5 Å². The highest BCUT2D eigenvalue weighted by Gasteiger charge is 2.40. The molecule has 7 nitrogen and oxygen atoms in total. The zero-order chi connectivity index (χ0) is 25.9. The fourth-order valence-electron chi connectivity index (χ4n) is 5.48. The van der Waals surface area contributed by atoms with Gasteiger partial charge in [0.15, 0.2) is 0 Å². The number of β-amino-alcohol motifs (C(OH)–C–C–N with tert-alkyl or cyclic N) is 2. The van der Waals surface area contributed by atoms with Crippen molar-refractivity contribution in [1.29, 1.82) is 0 Å². The van der Waals surface area contributed by atoms with E-state index in [0.717, 1.165) is 24.2 Å². The van der Waals surface area contributed by atoms with Gasteiger partial charge in [-0.15, -0.1) is 0 Å². The van der Waals surface area contributed by atoms with E-state index in [4.69, 9.17) is 4.74 Å². The molecule has 0 aliphatic carbocycles. The third-order valence-corrected chi connectivity index (χ3v) is 7.45. The van der Waals surface area contributed by atoms with Gasteiger partial charge < -0.3 is 24.7 Å². The van der Waals surface area contributed by atoms with Crippen LogP contribution in [0.1, 0.15) is 36.5 Å². The highest BCUT2D eigenvalue weighted by Crippen LogP contribution is 2.29. The number of rotatable bonds is 6. The molecule has 2 aromatic carbocycles. The number of hydrogen-bond acceptors (Lipinski definition) is 6. The van der Waals surface area contributed by atoms with Crippen molar-refractivity contribution < 1.29 is 19.7 Å². The fraction of sp³-hybridized carbons (Fsp3) is 0.552. The number of nitrogens with zero attached hydrogens (tertiary/aromatic N) is 3. The summed E-state index contributed by atoms with van der Waals surface area (Å²) in [4.78, 5) is 18.4. The molecule has 2 N–H and O–H groups in total. The molecule has 2 heterocycles. The molecule has 2 saturated heterocycles. The molecule has 1 unspecified atom stereocenters. The molecule has 196 valence electrons. The van der Waals surface area contributed by atoms with Gasteiger partial charge in [0.05, 0.1) is 12.1 Å². The van der Waals surface area contributed by atoms with Crippen molar-refractivity contribution in [2.45, 2.75) is 51.7 Å². The number of ether oxygens (including phenoxy) is 1. The quantitative estimate of drug-likeness (QED) is 0.642. The molecule has 0 bridgehead atoms. The lowest BCUT2D eigenvalue weighted by atomic mass is 9.90. The summed E-state index contributed by atoms with van der Waals surface area (Å²) in [6, 6.07) is 14.5. The average Bonchev–Trinajstić information content (AvgIpc) is 2.97. The lowest BCUT2D eigenvalue weighted by Crippen LogP contribution is -2.55. The van der Waals surface area contributed by atoms with Crippen LogP contribution in [-0.4, -0.2) is 89.5 Å². The number of benzene rings is 2. The first-order chi connectivity index (χ1) is 17.0. The Kier molecular flexibility index (Phi) is 7.93. The van der Waals surface area contributed by atoms with Gasteiger partial charge >= 0.3 is 0 Å². The van der Waals surface area contributed by atoms with Crippen LogP contribution < -0.4 is 9.64 Å². The van der Waals surface area contributed by atoms with Crippen LogP contribution in [0.3, 0.4) is 0 Å². The monoisotopic (exact) mass is 495 g/mol. The molecule has 36 heavy (non-hydrogen) atoms. The van der Waals surface area contributed by atoms with E-state index in [1.54, 1.807) is 4.90 Å². The summed E-state index contributed by atoms with van der Waals surface area (Å²) in [7, 11) is 0. The van der Waals surface area contributed by atoms with Gasteiger partial charge in [-0.2, -0.15) is 0 Å². The molecule has 2 fully saturated rings. The molecule has 0 aromatic heterocycles. The van der Waals surface area contributed by atoms with E-state index in [0.29, 0.717) is 44.8 Å². The lowest BCUT2D eigenvalue weighted by molar-refractivity contribution is -0.132. The summed E-state index contributed by atoms with van der Waals surface area (Å²) in [6.45, 7) is 11.4. The zero-order valence-corrected chi connectivity index (χ0v) is 22.2. The second-order valence-electron chi connectivity index (χ2n) is 11.0. The van der Waals surface area contributed by atoms with E-state index in [9.17, 15) is 15.0 Å². The number of carbonyl (C=O) groups is 1. The van der Waals surface area contributed by atoms with Crippen LogP contribution in [0.15, 0.2) is 42.5 Å². The molecule has 2 aromatic rings. The summed E-state index contributed by atoms with van der Waals surface area (Å²) >= 11 is 0. The van der Waals surface area contributed by atoms with Gasteiger partial charge in [0.25, 0.3) is 0 Å². The normalized spacial score (nSPS) is 22.8. The number of piperidine rings is 1. The molecule has 4 rings (SSSR count). The van der Waals surface area contributed by atoms with E-state index in [1.807, 2.05) is 26.0 Å². The van der Waals surface area contributed by atoms with Crippen molar-refractivity contribution in [2.24, 2.45) is 0 Å². The summed E-state index contributed by atoms with van der Waals surface area (Å²) in [6.07, 6.45) is 1.32. The summed E-state index contributed by atoms with van der Waals surface area (Å²) in [5.74, 6) is 0.653. The summed E-state index contributed by atoms with van der Waals surface area (Å²) < 4.78 is 6.04. The first-order valence-electron chi connectivity index (χ1n) is 13.0. The SMILES string of the molecule is CC(=O)N1CCN(CC2(O)CCN(c3ccc(C)cc3)CC2)CC(O)(COc2cc(C)cc(C)c2)C1. The Morgan fingerprint density at radius 3 is 2.11 bits per heavy atom. The Balaban J connectivity index is 1.41. The van der Waals surface area contributed by atoms with E-state index in [1.165, 1.54) is 18.2 Å². The average molecular weight is 496 g/mol. The van der Waals surface area contributed by atoms with Crippen molar-refractivity contribution in [3.63, 3.8) is 0 Å². The summed E-state index contributed by atoms with van der Waals surface area (Å²) in [5, 5.41) is 23.1. The van der Waals surface area contributed by atoms with E-state index < -0.39 is 11.2 Å². The van der Waals surface area contributed by atoms with E-state index in [-0.39, 0.29) is 19.1 Å². The maximum Gasteiger partial charge on any atom is 0.219 e. The second-order valence-corrected chi connectivity index (χ2v) is 11.0. The van der Waals surface area contributed by atoms with Crippen LogP contribution in [-0.2, 0) is 4.79 Å². The minimum atomic E-state index is -1.24. The van der Waals surface area contributed by atoms with Gasteiger partial charge in [0.1, 0.15) is 18.0 Å². The predicted molar refractivity (Wildman–Crippen MR) is 143 cm³/mol. The van der Waals surface area contributed by atoms with Gasteiger partial charge in [-0.05, 0) is 69.0 Å². The number of hydrogen-bond donors (Lipinski definition) is 2. The summed E-state index contributed by atoms with van der Waals surface area (Å²) in [5.41, 5.74) is 2.56. The first-order valence-corrected chi connectivity index (χ1v) is 13.0. The number of anilines is 1. The molecule has 2 aliphatic heterocycles. The van der Waals surface area contributed by atoms with Crippen molar-refractivity contribution in [3.05, 3.63) is 59.2 Å². The molecule has 1 atom stereocenters. The van der Waals surface area contributed by atoms with Gasteiger partial charge in [0, 0.05) is 51.9 Å². The number of carbonyl (C=O) groups excluding carboxylic acids is 1. The molecule has 0 saturated carbocycles. The molecule has 0 radical (unpaired) electrons. The van der Waals surface area contributed by atoms with Crippen LogP contribution in [0.2, 0.25) is 0 Å². The molecule has 0 spiro atoms. The van der Waals surface area contributed by atoms with Gasteiger partial charge in [-0.3, -0.25) is 9.69 Å². The zero-order valence-electron chi connectivity index (χ0n) is 22.2. The molecule has 7 heteroatoms. The van der Waals surface area contributed by atoms with Crippen molar-refractivity contribution >= 4 is 11.6 Å². The number of aryl methyl sites for hydroxylation is 3. The largest absolute Gasteiger partial charge is 0.490 e. The molecular formula is C29H41N3O4. The van der Waals surface area contributed by atoms with E-state index in [2.05, 4.69) is 47.1 Å². The Morgan fingerprint density at radius 1 is 0.861 bits per heavy atom. The van der Waals surface area contributed by atoms with Crippen LogP contribution in [0.25, 0.3) is 0 Å². The van der Waals surface area contributed by atoms with Crippen LogP contribution in [0.5, 0.6) is 5.75 Å². The Bertz CT molecular complexity index is 1030. The van der Waals surface area contributed by atoms with Crippen LogP contribution in [0.4, 0.5) is 5.69 Å². The van der Waals surface area contributed by atoms with Crippen molar-refractivity contribution in [2.75, 3.05) is 57.3 Å². The third-order valence-electron chi connectivity index (χ3n) is 7.45. The first kappa shape index (κ1) is 26.5. The number of aliphatic hydroxyl groups is 2. The Hall–Kier alpha value is -2.61. The minimum Gasteiger partial charge on any atom is -0.490 e. The van der Waals surface area contributed by atoms with Crippen LogP contribution in [0, 0.1) is 20.8 Å². The maximum absolute atomic E-state index is 12.3. The Morgan fingerprint density at radius 2 is 1.50 bits per heavy atom. The standard InChI is InChI=1S/C29H41N3O4/c1-22-5-7-26(8-6-22)31-11-9-28(34,10-12-31)18-30-13-14-32(25(4)33)20-29(35,19-30)21-36-27-16-23(2)15-24(3)17-27/h5-8,15-17,34-35H,9-14,18-21H2,1-4H3. The van der Waals surface area contributed by atoms with Gasteiger partial charge in [0.2, 0.25) is 5.91 Å². The minimum absolute atomic E-state index is 0.0632. The Labute approximate surface area is 215 Å². The van der Waals surface area contributed by atoms with Gasteiger partial charge in [-0.1, -0.05) is 23.8 Å². The second kappa shape index (κ2) is 10.8. The van der Waals surface area contributed by atoms with E-state index >= 15 is 0 Å². The third kappa shape index (κ3) is 6.78. The highest BCUT2D eigenvalue weighted by molar-refractivity contribution is 5.73. The van der Waals surface area contributed by atoms with Crippen LogP contribution >= 0.6 is 0 Å². The van der Waals surface area contributed by atoms with Gasteiger partial charge in [-0.25, -0.2) is 0 Å². The number of amides is 1. The smallest absolute Gasteiger partial charge is 0.219 e. The molecule has 2 aliphatic rings. The highest BCUT2D eigenvalue weighted by atomic mass is 16.5. The lowest BCUT2D eigenvalue weighted by Gasteiger charge is -2.42. The van der Waals surface area contributed by atoms with Crippen molar-refractivity contribution in [3.8, 4) is 5.75 Å². The fourth-order valence-corrected chi connectivity index (χ4v) is 5.48. The maximum atomic E-state index is 12.3.